The van der Waals surface area contributed by atoms with Crippen molar-refractivity contribution in [2.45, 2.75) is 289 Å². The zero-order valence-electron chi connectivity index (χ0n) is 38.9. The second-order valence-electron chi connectivity index (χ2n) is 17.8. The molecule has 342 valence electrons. The Bertz CT molecular complexity index is 901. The van der Waals surface area contributed by atoms with E-state index in [0.29, 0.717) is 6.42 Å². The van der Waals surface area contributed by atoms with Crippen molar-refractivity contribution in [1.29, 1.82) is 0 Å². The van der Waals surface area contributed by atoms with Gasteiger partial charge in [0, 0.05) is 0 Å². The highest BCUT2D eigenvalue weighted by molar-refractivity contribution is 5.76. The summed E-state index contributed by atoms with van der Waals surface area (Å²) in [5, 5.41) is 33.3. The number of hydrogen-bond acceptors (Lipinski definition) is 4. The Morgan fingerprint density at radius 1 is 0.448 bits per heavy atom. The SMILES string of the molecule is CCCCCCCCCCC/C=C\C/C=C\CCCCCCCCCCCCCCCC(O)CC(=O)NC(CO)C(O)/C=C/CCCCCCCCCCCCCC. The van der Waals surface area contributed by atoms with Crippen molar-refractivity contribution < 1.29 is 20.1 Å². The van der Waals surface area contributed by atoms with Gasteiger partial charge in [-0.05, 0) is 51.4 Å². The number of nitrogens with one attached hydrogen (secondary N) is 1. The number of rotatable bonds is 47. The minimum absolute atomic E-state index is 0.0141. The summed E-state index contributed by atoms with van der Waals surface area (Å²) >= 11 is 0. The molecule has 0 aliphatic rings. The van der Waals surface area contributed by atoms with Crippen molar-refractivity contribution in [2.24, 2.45) is 0 Å². The van der Waals surface area contributed by atoms with Crippen molar-refractivity contribution in [3.8, 4) is 0 Å². The Morgan fingerprint density at radius 2 is 0.776 bits per heavy atom. The zero-order chi connectivity index (χ0) is 42.3. The fourth-order valence-electron chi connectivity index (χ4n) is 7.96. The molecule has 0 saturated carbocycles. The van der Waals surface area contributed by atoms with Gasteiger partial charge in [0.05, 0.1) is 31.3 Å². The molecule has 0 rings (SSSR count). The van der Waals surface area contributed by atoms with E-state index in [1.807, 2.05) is 6.08 Å². The lowest BCUT2D eigenvalue weighted by Crippen LogP contribution is -2.45. The summed E-state index contributed by atoms with van der Waals surface area (Å²) in [4.78, 5) is 12.5. The van der Waals surface area contributed by atoms with E-state index in [2.05, 4.69) is 43.5 Å². The molecule has 5 heteroatoms. The third kappa shape index (κ3) is 44.1. The molecule has 0 saturated heterocycles. The Labute approximate surface area is 362 Å². The van der Waals surface area contributed by atoms with Crippen molar-refractivity contribution in [3.05, 3.63) is 36.5 Å². The van der Waals surface area contributed by atoms with Crippen LogP contribution in [0.5, 0.6) is 0 Å². The Morgan fingerprint density at radius 3 is 1.14 bits per heavy atom. The molecule has 3 atom stereocenters. The van der Waals surface area contributed by atoms with Gasteiger partial charge in [-0.2, -0.15) is 0 Å². The maximum Gasteiger partial charge on any atom is 0.222 e. The van der Waals surface area contributed by atoms with Crippen LogP contribution in [0.3, 0.4) is 0 Å². The van der Waals surface area contributed by atoms with E-state index in [9.17, 15) is 20.1 Å². The first kappa shape index (κ1) is 56.6. The number of amides is 1. The van der Waals surface area contributed by atoms with Crippen LogP contribution in [-0.2, 0) is 4.79 Å². The second kappa shape index (κ2) is 48.2. The largest absolute Gasteiger partial charge is 0.394 e. The summed E-state index contributed by atoms with van der Waals surface area (Å²) in [7, 11) is 0. The van der Waals surface area contributed by atoms with Gasteiger partial charge in [0.15, 0.2) is 0 Å². The van der Waals surface area contributed by atoms with Crippen LogP contribution in [0, 0.1) is 0 Å². The van der Waals surface area contributed by atoms with E-state index in [-0.39, 0.29) is 18.9 Å². The van der Waals surface area contributed by atoms with Gasteiger partial charge in [0.1, 0.15) is 0 Å². The van der Waals surface area contributed by atoms with Crippen LogP contribution in [0.4, 0.5) is 0 Å². The van der Waals surface area contributed by atoms with Crippen LogP contribution in [0.1, 0.15) is 271 Å². The van der Waals surface area contributed by atoms with Gasteiger partial charge < -0.3 is 20.6 Å². The van der Waals surface area contributed by atoms with Gasteiger partial charge >= 0.3 is 0 Å². The van der Waals surface area contributed by atoms with E-state index < -0.39 is 18.2 Å². The smallest absolute Gasteiger partial charge is 0.222 e. The van der Waals surface area contributed by atoms with Crippen LogP contribution >= 0.6 is 0 Å². The Balaban J connectivity index is 3.56. The molecule has 0 radical (unpaired) electrons. The number of allylic oxidation sites excluding steroid dienone is 5. The average molecular weight is 816 g/mol. The zero-order valence-corrected chi connectivity index (χ0v) is 38.9. The lowest BCUT2D eigenvalue weighted by Gasteiger charge is -2.21. The fourth-order valence-corrected chi connectivity index (χ4v) is 7.96. The minimum atomic E-state index is -0.928. The Hall–Kier alpha value is -1.43. The summed E-state index contributed by atoms with van der Waals surface area (Å²) in [6.07, 6.45) is 61.7. The molecule has 0 aromatic rings. The number of aliphatic hydroxyl groups excluding tert-OH is 3. The molecule has 5 nitrogen and oxygen atoms in total. The fraction of sp³-hybridized carbons (Fsp3) is 0.868. The molecular formula is C53H101NO4. The molecule has 58 heavy (non-hydrogen) atoms. The average Bonchev–Trinajstić information content (AvgIpc) is 3.22. The van der Waals surface area contributed by atoms with E-state index in [0.717, 1.165) is 32.1 Å². The highest BCUT2D eigenvalue weighted by Gasteiger charge is 2.20. The normalized spacial score (nSPS) is 13.7. The monoisotopic (exact) mass is 816 g/mol. The summed E-state index contributed by atoms with van der Waals surface area (Å²) < 4.78 is 0. The number of carbonyl (C=O) groups is 1. The summed E-state index contributed by atoms with van der Waals surface area (Å²) in [6, 6.07) is -0.743. The van der Waals surface area contributed by atoms with Crippen LogP contribution in [0.25, 0.3) is 0 Å². The van der Waals surface area contributed by atoms with Crippen LogP contribution in [0.2, 0.25) is 0 Å². The predicted octanol–water partition coefficient (Wildman–Crippen LogP) is 15.5. The van der Waals surface area contributed by atoms with E-state index in [4.69, 9.17) is 0 Å². The summed E-state index contributed by atoms with van der Waals surface area (Å²) in [6.45, 7) is 4.22. The molecule has 0 spiro atoms. The second-order valence-corrected chi connectivity index (χ2v) is 17.8. The molecule has 1 amide bonds. The molecule has 0 fully saturated rings. The van der Waals surface area contributed by atoms with Crippen molar-refractivity contribution in [2.75, 3.05) is 6.61 Å². The number of aliphatic hydroxyl groups is 3. The summed E-state index contributed by atoms with van der Waals surface area (Å²) in [5.74, 6) is -0.314. The number of carbonyl (C=O) groups excluding carboxylic acids is 1. The molecule has 0 bridgehead atoms. The topological polar surface area (TPSA) is 89.8 Å². The van der Waals surface area contributed by atoms with Crippen molar-refractivity contribution in [1.82, 2.24) is 5.32 Å². The first-order valence-electron chi connectivity index (χ1n) is 25.8. The van der Waals surface area contributed by atoms with Crippen LogP contribution in [-0.4, -0.2) is 46.1 Å². The van der Waals surface area contributed by atoms with E-state index in [1.54, 1.807) is 6.08 Å². The van der Waals surface area contributed by atoms with Crippen molar-refractivity contribution in [3.63, 3.8) is 0 Å². The van der Waals surface area contributed by atoms with E-state index in [1.165, 1.54) is 212 Å². The quantitative estimate of drug-likeness (QED) is 0.0364. The first-order chi connectivity index (χ1) is 28.5. The van der Waals surface area contributed by atoms with Gasteiger partial charge in [-0.3, -0.25) is 4.79 Å². The number of unbranched alkanes of at least 4 members (excludes halogenated alkanes) is 34. The lowest BCUT2D eigenvalue weighted by atomic mass is 10.0. The van der Waals surface area contributed by atoms with Gasteiger partial charge in [0.25, 0.3) is 0 Å². The molecule has 0 heterocycles. The maximum atomic E-state index is 12.5. The lowest BCUT2D eigenvalue weighted by molar-refractivity contribution is -0.124. The van der Waals surface area contributed by atoms with Gasteiger partial charge in [-0.25, -0.2) is 0 Å². The first-order valence-corrected chi connectivity index (χ1v) is 25.8. The van der Waals surface area contributed by atoms with Crippen LogP contribution in [0.15, 0.2) is 36.5 Å². The molecule has 0 aromatic carbocycles. The molecule has 0 aromatic heterocycles. The third-order valence-electron chi connectivity index (χ3n) is 11.9. The van der Waals surface area contributed by atoms with Crippen LogP contribution < -0.4 is 5.32 Å². The number of hydrogen-bond donors (Lipinski definition) is 4. The maximum absolute atomic E-state index is 12.5. The Kier molecular flexibility index (Phi) is 47.0. The standard InChI is InChI=1S/C53H101NO4/c1-3-5-7-9-11-13-15-17-19-20-21-22-23-24-25-26-27-28-29-30-31-32-33-34-36-38-40-42-44-46-50(56)48-53(58)54-51(49-55)52(57)47-45-43-41-39-37-35-18-16-14-12-10-8-6-4-2/h21-22,24-25,45,47,50-52,55-57H,3-20,23,26-44,46,48-49H2,1-2H3,(H,54,58)/b22-21-,25-24-,47-45+. The highest BCUT2D eigenvalue weighted by Crippen LogP contribution is 2.16. The molecule has 0 aliphatic carbocycles. The predicted molar refractivity (Wildman–Crippen MR) is 254 cm³/mol. The van der Waals surface area contributed by atoms with Gasteiger partial charge in [-0.15, -0.1) is 0 Å². The molecule has 3 unspecified atom stereocenters. The molecule has 4 N–H and O–H groups in total. The summed E-state index contributed by atoms with van der Waals surface area (Å²) in [5.41, 5.74) is 0. The van der Waals surface area contributed by atoms with E-state index >= 15 is 0 Å². The van der Waals surface area contributed by atoms with Crippen molar-refractivity contribution >= 4 is 5.91 Å². The van der Waals surface area contributed by atoms with Gasteiger partial charge in [-0.1, -0.05) is 249 Å². The molecular weight excluding hydrogens is 715 g/mol. The third-order valence-corrected chi connectivity index (χ3v) is 11.9. The highest BCUT2D eigenvalue weighted by atomic mass is 16.3. The minimum Gasteiger partial charge on any atom is -0.394 e. The van der Waals surface area contributed by atoms with Gasteiger partial charge in [0.2, 0.25) is 5.91 Å². The molecule has 0 aliphatic heterocycles.